The van der Waals surface area contributed by atoms with Crippen LogP contribution in [0.2, 0.25) is 0 Å². The van der Waals surface area contributed by atoms with Gasteiger partial charge in [0.15, 0.2) is 0 Å². The van der Waals surface area contributed by atoms with Crippen LogP contribution in [0.1, 0.15) is 64.4 Å². The molecule has 1 aromatic rings. The van der Waals surface area contributed by atoms with Crippen molar-refractivity contribution in [1.29, 1.82) is 0 Å². The molecule has 0 N–H and O–H groups in total. The Hall–Kier alpha value is -0.820. The molecular formula is C22H33N. The van der Waals surface area contributed by atoms with Crippen molar-refractivity contribution in [2.75, 3.05) is 13.6 Å². The summed E-state index contributed by atoms with van der Waals surface area (Å²) in [5.74, 6) is 0.998. The van der Waals surface area contributed by atoms with Crippen molar-refractivity contribution >= 4 is 0 Å². The van der Waals surface area contributed by atoms with Crippen LogP contribution in [-0.4, -0.2) is 24.0 Å². The van der Waals surface area contributed by atoms with Crippen molar-refractivity contribution in [3.63, 3.8) is 0 Å². The molecule has 23 heavy (non-hydrogen) atoms. The SMILES string of the molecule is CN(CCCc1ccccc1)C12CC3CC(C)(CC(C)(C3)C1)C2. The summed E-state index contributed by atoms with van der Waals surface area (Å²) in [5.41, 5.74) is 3.26. The zero-order valence-corrected chi connectivity index (χ0v) is 15.3. The lowest BCUT2D eigenvalue weighted by Crippen LogP contribution is -2.64. The van der Waals surface area contributed by atoms with E-state index >= 15 is 0 Å². The van der Waals surface area contributed by atoms with Gasteiger partial charge in [-0.1, -0.05) is 44.2 Å². The lowest BCUT2D eigenvalue weighted by molar-refractivity contribution is -0.156. The molecule has 4 aliphatic carbocycles. The normalized spacial score (nSPS) is 41.7. The van der Waals surface area contributed by atoms with E-state index in [1.807, 2.05) is 0 Å². The molecule has 0 aliphatic heterocycles. The first-order valence-corrected chi connectivity index (χ1v) is 9.66. The summed E-state index contributed by atoms with van der Waals surface area (Å²) < 4.78 is 0. The first-order valence-electron chi connectivity index (χ1n) is 9.66. The van der Waals surface area contributed by atoms with Crippen molar-refractivity contribution < 1.29 is 0 Å². The van der Waals surface area contributed by atoms with E-state index in [1.165, 1.54) is 63.5 Å². The molecule has 2 atom stereocenters. The Bertz CT molecular complexity index is 545. The largest absolute Gasteiger partial charge is 0.301 e. The van der Waals surface area contributed by atoms with E-state index in [1.54, 1.807) is 0 Å². The Kier molecular flexibility index (Phi) is 3.65. The third-order valence-electron chi connectivity index (χ3n) is 7.21. The van der Waals surface area contributed by atoms with Crippen LogP contribution in [0.4, 0.5) is 0 Å². The number of aryl methyl sites for hydroxylation is 1. The van der Waals surface area contributed by atoms with Gasteiger partial charge in [0.05, 0.1) is 0 Å². The molecule has 126 valence electrons. The smallest absolute Gasteiger partial charge is 0.0219 e. The van der Waals surface area contributed by atoms with Crippen molar-refractivity contribution in [3.05, 3.63) is 35.9 Å². The first kappa shape index (κ1) is 15.7. The fraction of sp³-hybridized carbons (Fsp3) is 0.727. The van der Waals surface area contributed by atoms with Crippen LogP contribution in [0.15, 0.2) is 30.3 Å². The van der Waals surface area contributed by atoms with Gasteiger partial charge in [-0.3, -0.25) is 0 Å². The molecular weight excluding hydrogens is 278 g/mol. The van der Waals surface area contributed by atoms with Gasteiger partial charge in [-0.25, -0.2) is 0 Å². The van der Waals surface area contributed by atoms with Gasteiger partial charge in [0.2, 0.25) is 0 Å². The highest BCUT2D eigenvalue weighted by Crippen LogP contribution is 2.67. The Morgan fingerprint density at radius 2 is 1.61 bits per heavy atom. The average Bonchev–Trinajstić information content (AvgIpc) is 2.44. The number of hydrogen-bond acceptors (Lipinski definition) is 1. The molecule has 0 spiro atoms. The molecule has 0 radical (unpaired) electrons. The van der Waals surface area contributed by atoms with Gasteiger partial charge in [0, 0.05) is 5.54 Å². The lowest BCUT2D eigenvalue weighted by atomic mass is 9.42. The van der Waals surface area contributed by atoms with E-state index in [0.717, 1.165) is 5.92 Å². The van der Waals surface area contributed by atoms with Gasteiger partial charge in [0.1, 0.15) is 0 Å². The van der Waals surface area contributed by atoms with E-state index in [-0.39, 0.29) is 0 Å². The summed E-state index contributed by atoms with van der Waals surface area (Å²) in [4.78, 5) is 2.77. The molecule has 0 aromatic heterocycles. The van der Waals surface area contributed by atoms with Crippen LogP contribution in [-0.2, 0) is 6.42 Å². The highest BCUT2D eigenvalue weighted by atomic mass is 15.2. The Labute approximate surface area is 142 Å². The van der Waals surface area contributed by atoms with Gasteiger partial charge < -0.3 is 4.90 Å². The van der Waals surface area contributed by atoms with Crippen LogP contribution < -0.4 is 0 Å². The summed E-state index contributed by atoms with van der Waals surface area (Å²) in [7, 11) is 2.42. The zero-order chi connectivity index (χ0) is 16.1. The molecule has 4 bridgehead atoms. The summed E-state index contributed by atoms with van der Waals surface area (Å²) in [6, 6.07) is 11.0. The van der Waals surface area contributed by atoms with E-state index in [9.17, 15) is 0 Å². The topological polar surface area (TPSA) is 3.24 Å². The van der Waals surface area contributed by atoms with E-state index in [0.29, 0.717) is 16.4 Å². The van der Waals surface area contributed by atoms with Crippen LogP contribution in [0.3, 0.4) is 0 Å². The number of rotatable bonds is 5. The molecule has 1 aromatic carbocycles. The fourth-order valence-corrected chi connectivity index (χ4v) is 7.22. The molecule has 5 rings (SSSR count). The Morgan fingerprint density at radius 1 is 0.957 bits per heavy atom. The van der Waals surface area contributed by atoms with Gasteiger partial charge in [-0.05, 0) is 87.3 Å². The molecule has 1 nitrogen and oxygen atoms in total. The number of benzene rings is 1. The monoisotopic (exact) mass is 311 g/mol. The first-order chi connectivity index (χ1) is 10.9. The number of hydrogen-bond donors (Lipinski definition) is 0. The van der Waals surface area contributed by atoms with Crippen molar-refractivity contribution in [3.8, 4) is 0 Å². The molecule has 4 fully saturated rings. The van der Waals surface area contributed by atoms with Gasteiger partial charge >= 0.3 is 0 Å². The second kappa shape index (κ2) is 5.34. The highest BCUT2D eigenvalue weighted by Gasteiger charge is 2.61. The van der Waals surface area contributed by atoms with Gasteiger partial charge in [0.25, 0.3) is 0 Å². The number of nitrogens with zero attached hydrogens (tertiary/aromatic N) is 1. The highest BCUT2D eigenvalue weighted by molar-refractivity contribution is 5.16. The molecule has 1 heteroatoms. The summed E-state index contributed by atoms with van der Waals surface area (Å²) >= 11 is 0. The van der Waals surface area contributed by atoms with E-state index in [2.05, 4.69) is 56.1 Å². The van der Waals surface area contributed by atoms with E-state index < -0.39 is 0 Å². The van der Waals surface area contributed by atoms with Crippen molar-refractivity contribution in [2.45, 2.75) is 70.8 Å². The summed E-state index contributed by atoms with van der Waals surface area (Å²) in [6.45, 7) is 6.43. The minimum atomic E-state index is 0.513. The summed E-state index contributed by atoms with van der Waals surface area (Å²) in [6.07, 6.45) is 11.4. The molecule has 2 unspecified atom stereocenters. The third kappa shape index (κ3) is 2.86. The van der Waals surface area contributed by atoms with Crippen LogP contribution in [0.25, 0.3) is 0 Å². The van der Waals surface area contributed by atoms with Crippen LogP contribution >= 0.6 is 0 Å². The molecule has 0 amide bonds. The lowest BCUT2D eigenvalue weighted by Gasteiger charge is -2.67. The summed E-state index contributed by atoms with van der Waals surface area (Å²) in [5, 5.41) is 0. The van der Waals surface area contributed by atoms with Crippen LogP contribution in [0, 0.1) is 16.7 Å². The maximum Gasteiger partial charge on any atom is 0.0219 e. The van der Waals surface area contributed by atoms with Crippen molar-refractivity contribution in [2.24, 2.45) is 16.7 Å². The van der Waals surface area contributed by atoms with Crippen LogP contribution in [0.5, 0.6) is 0 Å². The average molecular weight is 312 g/mol. The molecule has 0 heterocycles. The van der Waals surface area contributed by atoms with E-state index in [4.69, 9.17) is 0 Å². The third-order valence-corrected chi connectivity index (χ3v) is 7.21. The maximum atomic E-state index is 2.77. The zero-order valence-electron chi connectivity index (χ0n) is 15.3. The molecule has 4 aliphatic rings. The second-order valence-corrected chi connectivity index (χ2v) is 9.87. The maximum absolute atomic E-state index is 2.77. The molecule has 4 saturated carbocycles. The van der Waals surface area contributed by atoms with Gasteiger partial charge in [-0.2, -0.15) is 0 Å². The second-order valence-electron chi connectivity index (χ2n) is 9.87. The minimum absolute atomic E-state index is 0.513. The minimum Gasteiger partial charge on any atom is -0.301 e. The quantitative estimate of drug-likeness (QED) is 0.713. The fourth-order valence-electron chi connectivity index (χ4n) is 7.22. The predicted octanol–water partition coefficient (Wildman–Crippen LogP) is 5.30. The standard InChI is InChI=1S/C22H33N/c1-20-12-19-13-21(2,15-20)17-22(14-19,16-20)23(3)11-7-10-18-8-5-4-6-9-18/h4-6,8-9,19H,7,10-17H2,1-3H3. The predicted molar refractivity (Wildman–Crippen MR) is 97.5 cm³/mol. The Balaban J connectivity index is 1.43. The molecule has 0 saturated heterocycles. The Morgan fingerprint density at radius 3 is 2.22 bits per heavy atom. The van der Waals surface area contributed by atoms with Crippen molar-refractivity contribution in [1.82, 2.24) is 4.90 Å². The van der Waals surface area contributed by atoms with Gasteiger partial charge in [-0.15, -0.1) is 0 Å².